The maximum Gasteiger partial charge on any atom is 1.00 e. The third kappa shape index (κ3) is 5.27. The number of sulfone groups is 1. The Hall–Kier alpha value is -1.61. The van der Waals surface area contributed by atoms with Crippen molar-refractivity contribution in [3.05, 3.63) is 70.7 Å². The van der Waals surface area contributed by atoms with Crippen LogP contribution in [0.25, 0.3) is 0 Å². The predicted molar refractivity (Wildman–Crippen MR) is 135 cm³/mol. The average molecular weight is 598 g/mol. The fraction of sp³-hybridized carbons (Fsp3) is 0.385. The van der Waals surface area contributed by atoms with Crippen molar-refractivity contribution in [2.75, 3.05) is 11.6 Å². The minimum absolute atomic E-state index is 0. The summed E-state index contributed by atoms with van der Waals surface area (Å²) in [5, 5.41) is 16.6. The van der Waals surface area contributed by atoms with Crippen LogP contribution in [0.15, 0.2) is 63.1 Å². The molecular weight excluding hydrogens is 573 g/mol. The first-order valence-electron chi connectivity index (χ1n) is 12.3. The number of nitrogens with one attached hydrogen (secondary N) is 1. The van der Waals surface area contributed by atoms with Gasteiger partial charge in [0.15, 0.2) is 15.7 Å². The van der Waals surface area contributed by atoms with Crippen LogP contribution in [0.4, 0.5) is 10.1 Å². The second-order valence-electron chi connectivity index (χ2n) is 10.6. The van der Waals surface area contributed by atoms with Crippen molar-refractivity contribution in [3.63, 3.8) is 0 Å². The van der Waals surface area contributed by atoms with Gasteiger partial charge in [0.25, 0.3) is 15.9 Å². The predicted octanol–water partition coefficient (Wildman–Crippen LogP) is -1.04. The number of carbonyl (C=O) groups is 1. The second kappa shape index (κ2) is 10.3. The van der Waals surface area contributed by atoms with Crippen molar-refractivity contribution in [2.45, 2.75) is 42.5 Å². The van der Waals surface area contributed by atoms with E-state index >= 15 is 0 Å². The molecule has 2 bridgehead atoms. The zero-order valence-corrected chi connectivity index (χ0v) is 26.2. The van der Waals surface area contributed by atoms with Crippen LogP contribution < -0.4 is 61.8 Å². The van der Waals surface area contributed by atoms with Crippen molar-refractivity contribution in [3.8, 4) is 0 Å². The number of hydrogen-bond donors (Lipinski definition) is 1. The molecular formula is C26H25FKN3O6S2. The van der Waals surface area contributed by atoms with Crippen LogP contribution >= 0.6 is 0 Å². The summed E-state index contributed by atoms with van der Waals surface area (Å²) in [4.78, 5) is 15.3. The van der Waals surface area contributed by atoms with Gasteiger partial charge in [-0.25, -0.2) is 12.8 Å². The largest absolute Gasteiger partial charge is 1.00 e. The molecule has 2 fully saturated rings. The van der Waals surface area contributed by atoms with Gasteiger partial charge < -0.3 is 15.3 Å². The van der Waals surface area contributed by atoms with Crippen LogP contribution in [-0.2, 0) is 37.0 Å². The van der Waals surface area contributed by atoms with E-state index in [1.165, 1.54) is 30.3 Å². The number of nitrogens with zero attached hydrogens (tertiary/aromatic N) is 2. The van der Waals surface area contributed by atoms with Crippen molar-refractivity contribution in [2.24, 2.45) is 22.2 Å². The summed E-state index contributed by atoms with van der Waals surface area (Å²) >= 11 is 0. The summed E-state index contributed by atoms with van der Waals surface area (Å²) in [5.41, 5.74) is 0.795. The number of rotatable bonds is 5. The molecule has 0 aromatic heterocycles. The quantitative estimate of drug-likeness (QED) is 0.435. The molecule has 2 aromatic rings. The Morgan fingerprint density at radius 3 is 2.46 bits per heavy atom. The van der Waals surface area contributed by atoms with Gasteiger partial charge in [-0.1, -0.05) is 18.2 Å². The zero-order chi connectivity index (χ0) is 27.0. The fourth-order valence-corrected chi connectivity index (χ4v) is 8.47. The van der Waals surface area contributed by atoms with E-state index in [-0.39, 0.29) is 109 Å². The van der Waals surface area contributed by atoms with Gasteiger partial charge in [0, 0.05) is 18.8 Å². The number of benzene rings is 2. The first-order chi connectivity index (χ1) is 17.9. The number of amidine groups is 1. The molecule has 13 heteroatoms. The molecule has 0 radical (unpaired) electrons. The molecule has 0 spiro atoms. The standard InChI is InChI=1S/C26H26FN3O6S2.K/c1-37(33,34)13-15-4-9-19-20(10-15)38(35,36)29-25(28-19)22-24(31)21-16-5-6-17(11-16)23(21)30(26(22)32)12-14-2-7-18(27)8-3-14;/h2-4,7-10,16-17,21,23,31H,5-6,11-13H2,1H3,(H,28,29);/q;+1/p-1/t16-,17+,21?,23?;/m1./s1. The summed E-state index contributed by atoms with van der Waals surface area (Å²) < 4.78 is 67.0. The first-order valence-corrected chi connectivity index (χ1v) is 15.8. The van der Waals surface area contributed by atoms with Crippen LogP contribution in [0.2, 0.25) is 0 Å². The van der Waals surface area contributed by atoms with E-state index in [0.29, 0.717) is 5.56 Å². The van der Waals surface area contributed by atoms with Gasteiger partial charge in [-0.3, -0.25) is 4.79 Å². The Labute approximate surface area is 269 Å². The molecule has 1 N–H and O–H groups in total. The summed E-state index contributed by atoms with van der Waals surface area (Å²) in [6, 6.07) is 9.64. The van der Waals surface area contributed by atoms with Gasteiger partial charge in [-0.05, 0) is 72.4 Å². The van der Waals surface area contributed by atoms with Gasteiger partial charge in [0.2, 0.25) is 0 Å². The number of hydrogen-bond acceptors (Lipinski definition) is 7. The second-order valence-corrected chi connectivity index (χ2v) is 14.3. The molecule has 39 heavy (non-hydrogen) atoms. The van der Waals surface area contributed by atoms with Crippen LogP contribution in [0, 0.1) is 23.6 Å². The third-order valence-corrected chi connectivity index (χ3v) is 10.2. The molecule has 1 amide bonds. The number of amides is 1. The minimum atomic E-state index is -4.33. The molecule has 4 aliphatic rings. The minimum Gasteiger partial charge on any atom is -0.875 e. The normalized spacial score (nSPS) is 26.9. The van der Waals surface area contributed by atoms with E-state index in [4.69, 9.17) is 0 Å². The number of sulfonamides is 1. The first kappa shape index (κ1) is 28.9. The summed E-state index contributed by atoms with van der Waals surface area (Å²) in [7, 11) is -7.74. The molecule has 2 aliphatic carbocycles. The van der Waals surface area contributed by atoms with E-state index in [1.54, 1.807) is 17.0 Å². The van der Waals surface area contributed by atoms with Crippen molar-refractivity contribution in [1.82, 2.24) is 4.90 Å². The van der Waals surface area contributed by atoms with E-state index in [9.17, 15) is 31.1 Å². The molecule has 2 heterocycles. The maximum atomic E-state index is 13.9. The Kier molecular flexibility index (Phi) is 7.66. The van der Waals surface area contributed by atoms with Gasteiger partial charge in [0.1, 0.15) is 10.7 Å². The Morgan fingerprint density at radius 1 is 1.10 bits per heavy atom. The Bertz CT molecular complexity index is 1640. The number of anilines is 1. The van der Waals surface area contributed by atoms with Gasteiger partial charge >= 0.3 is 51.4 Å². The van der Waals surface area contributed by atoms with E-state index in [1.807, 2.05) is 0 Å². The maximum absolute atomic E-state index is 13.9. The number of halogens is 1. The van der Waals surface area contributed by atoms with E-state index in [2.05, 4.69) is 9.71 Å². The molecule has 4 atom stereocenters. The Morgan fingerprint density at radius 2 is 1.77 bits per heavy atom. The third-order valence-electron chi connectivity index (χ3n) is 7.98. The summed E-state index contributed by atoms with van der Waals surface area (Å²) in [5.74, 6) is -2.25. The molecule has 0 saturated heterocycles. The van der Waals surface area contributed by atoms with Crippen molar-refractivity contribution in [1.29, 1.82) is 0 Å². The Balaban J connectivity index is 0.00000308. The molecule has 9 nitrogen and oxygen atoms in total. The van der Waals surface area contributed by atoms with Gasteiger partial charge in [0.05, 0.1) is 17.0 Å². The monoisotopic (exact) mass is 597 g/mol. The fourth-order valence-electron chi connectivity index (χ4n) is 6.52. The molecule has 2 unspecified atom stereocenters. The van der Waals surface area contributed by atoms with Crippen LogP contribution in [0.5, 0.6) is 0 Å². The van der Waals surface area contributed by atoms with Gasteiger partial charge in [-0.2, -0.15) is 8.42 Å². The van der Waals surface area contributed by atoms with Crippen molar-refractivity contribution < 1.29 is 82.5 Å². The average Bonchev–Trinajstić information content (AvgIpc) is 3.45. The summed E-state index contributed by atoms with van der Waals surface area (Å²) in [6.07, 6.45) is 3.66. The van der Waals surface area contributed by atoms with Crippen LogP contribution in [0.1, 0.15) is 30.4 Å². The number of fused-ring (bicyclic) bond motifs is 6. The molecule has 200 valence electrons. The zero-order valence-electron chi connectivity index (χ0n) is 21.4. The number of carbonyl (C=O) groups excluding carboxylic acids is 1. The van der Waals surface area contributed by atoms with E-state index < -0.39 is 43.3 Å². The SMILES string of the molecule is CS(=O)(=O)Cc1ccc2c(c1)S(=O)(=O)N=C(C1=C([O-])C3C([C@H]4CC[C@@H]3C4)N(Cc3ccc(F)cc3)C1=O)N2.[K+]. The molecule has 2 aromatic carbocycles. The van der Waals surface area contributed by atoms with Crippen molar-refractivity contribution >= 4 is 37.3 Å². The van der Waals surface area contributed by atoms with Crippen LogP contribution in [0.3, 0.4) is 0 Å². The molecule has 2 saturated carbocycles. The molecule has 6 rings (SSSR count). The van der Waals surface area contributed by atoms with Gasteiger partial charge in [-0.15, -0.1) is 10.2 Å². The topological polar surface area (TPSA) is 136 Å². The molecule has 2 aliphatic heterocycles. The van der Waals surface area contributed by atoms with E-state index in [0.717, 1.165) is 25.5 Å². The summed E-state index contributed by atoms with van der Waals surface area (Å²) in [6.45, 7) is 0.158. The van der Waals surface area contributed by atoms with Crippen LogP contribution in [-0.4, -0.2) is 45.8 Å². The smallest absolute Gasteiger partial charge is 0.875 e.